The molecule has 8 heteroatoms. The zero-order valence-electron chi connectivity index (χ0n) is 19.7. The lowest BCUT2D eigenvalue weighted by molar-refractivity contribution is -0.120. The lowest BCUT2D eigenvalue weighted by Gasteiger charge is -2.29. The van der Waals surface area contributed by atoms with Crippen molar-refractivity contribution in [3.63, 3.8) is 0 Å². The van der Waals surface area contributed by atoms with Gasteiger partial charge in [0, 0.05) is 18.3 Å². The fourth-order valence-electron chi connectivity index (χ4n) is 3.49. The fraction of sp³-hybridized carbons (Fsp3) is 0.259. The Hall–Kier alpha value is -3.06. The summed E-state index contributed by atoms with van der Waals surface area (Å²) in [6.07, 6.45) is -0.589. The number of benzene rings is 3. The minimum atomic E-state index is -0.917. The number of anilines is 1. The van der Waals surface area contributed by atoms with Crippen LogP contribution in [0.3, 0.4) is 0 Å². The molecule has 3 N–H and O–H groups in total. The van der Waals surface area contributed by atoms with Crippen LogP contribution in [-0.4, -0.2) is 34.5 Å². The van der Waals surface area contributed by atoms with E-state index in [1.54, 1.807) is 35.2 Å². The van der Waals surface area contributed by atoms with Crippen molar-refractivity contribution in [2.24, 2.45) is 0 Å². The van der Waals surface area contributed by atoms with E-state index in [-0.39, 0.29) is 24.5 Å². The van der Waals surface area contributed by atoms with Gasteiger partial charge in [-0.25, -0.2) is 4.79 Å². The molecule has 0 bridgehead atoms. The second-order valence-electron chi connectivity index (χ2n) is 8.50. The number of nitrogens with zero attached hydrogens (tertiary/aromatic N) is 1. The Labute approximate surface area is 215 Å². The third-order valence-electron chi connectivity index (χ3n) is 5.48. The number of halogens is 2. The predicted octanol–water partition coefficient (Wildman–Crippen LogP) is 5.83. The molecule has 184 valence electrons. The van der Waals surface area contributed by atoms with Crippen molar-refractivity contribution in [1.29, 1.82) is 0 Å². The van der Waals surface area contributed by atoms with Crippen molar-refractivity contribution in [3.8, 4) is 0 Å². The van der Waals surface area contributed by atoms with Gasteiger partial charge < -0.3 is 20.6 Å². The molecule has 0 aliphatic rings. The highest BCUT2D eigenvalue weighted by Gasteiger charge is 2.22. The highest BCUT2D eigenvalue weighted by molar-refractivity contribution is 6.42. The van der Waals surface area contributed by atoms with Crippen LogP contribution < -0.4 is 10.6 Å². The van der Waals surface area contributed by atoms with Crippen molar-refractivity contribution in [3.05, 3.63) is 99.5 Å². The van der Waals surface area contributed by atoms with Gasteiger partial charge in [0.2, 0.25) is 5.91 Å². The third kappa shape index (κ3) is 7.99. The molecule has 3 aromatic carbocycles. The summed E-state index contributed by atoms with van der Waals surface area (Å²) in [7, 11) is 0. The quantitative estimate of drug-likeness (QED) is 0.336. The average molecular weight is 514 g/mol. The Bertz CT molecular complexity index is 1140. The van der Waals surface area contributed by atoms with Gasteiger partial charge in [-0.1, -0.05) is 71.7 Å². The lowest BCUT2D eigenvalue weighted by atomic mass is 10.1. The third-order valence-corrected chi connectivity index (χ3v) is 6.22. The standard InChI is InChI=1S/C27H29Cl2N3O3/c1-18(2)32(17-25(33)21-10-13-23(28)24(29)15-21)27(35)31-22-11-8-20(9-12-22)16-30-26(34)14-19-6-4-3-5-7-19/h3-13,15,18,25,33H,14,16-17H2,1-2H3,(H,30,34)(H,31,35)/t25-/m1/s1. The van der Waals surface area contributed by atoms with Crippen LogP contribution >= 0.6 is 23.2 Å². The second kappa shape index (κ2) is 12.6. The van der Waals surface area contributed by atoms with Gasteiger partial charge in [0.15, 0.2) is 0 Å². The van der Waals surface area contributed by atoms with E-state index in [9.17, 15) is 14.7 Å². The number of hydrogen-bond acceptors (Lipinski definition) is 3. The molecule has 0 fully saturated rings. The molecule has 3 aromatic rings. The van der Waals surface area contributed by atoms with E-state index in [0.717, 1.165) is 11.1 Å². The smallest absolute Gasteiger partial charge is 0.322 e. The summed E-state index contributed by atoms with van der Waals surface area (Å²) in [6, 6.07) is 21.3. The molecule has 0 aromatic heterocycles. The Morgan fingerprint density at radius 3 is 2.23 bits per heavy atom. The van der Waals surface area contributed by atoms with Crippen molar-refractivity contribution in [1.82, 2.24) is 10.2 Å². The SMILES string of the molecule is CC(C)N(C[C@@H](O)c1ccc(Cl)c(Cl)c1)C(=O)Nc1ccc(CNC(=O)Cc2ccccc2)cc1. The van der Waals surface area contributed by atoms with Crippen molar-refractivity contribution in [2.75, 3.05) is 11.9 Å². The highest BCUT2D eigenvalue weighted by Crippen LogP contribution is 2.26. The molecule has 3 rings (SSSR count). The molecule has 0 saturated carbocycles. The first kappa shape index (κ1) is 26.5. The second-order valence-corrected chi connectivity index (χ2v) is 9.32. The van der Waals surface area contributed by atoms with Gasteiger partial charge in [-0.2, -0.15) is 0 Å². The molecule has 0 spiro atoms. The lowest BCUT2D eigenvalue weighted by Crippen LogP contribution is -2.42. The molecule has 0 unspecified atom stereocenters. The van der Waals surface area contributed by atoms with Gasteiger partial charge in [0.05, 0.1) is 29.1 Å². The van der Waals surface area contributed by atoms with Crippen molar-refractivity contribution < 1.29 is 14.7 Å². The van der Waals surface area contributed by atoms with Crippen molar-refractivity contribution in [2.45, 2.75) is 39.0 Å². The number of urea groups is 1. The van der Waals surface area contributed by atoms with Crippen LogP contribution in [0, 0.1) is 0 Å². The molecule has 6 nitrogen and oxygen atoms in total. The average Bonchev–Trinajstić information content (AvgIpc) is 2.84. The van der Waals surface area contributed by atoms with E-state index >= 15 is 0 Å². The van der Waals surface area contributed by atoms with Gasteiger partial charge in [0.1, 0.15) is 0 Å². The maximum atomic E-state index is 12.9. The first-order chi connectivity index (χ1) is 16.7. The van der Waals surface area contributed by atoms with Crippen molar-refractivity contribution >= 4 is 40.8 Å². The van der Waals surface area contributed by atoms with Crippen LogP contribution in [0.25, 0.3) is 0 Å². The zero-order valence-corrected chi connectivity index (χ0v) is 21.2. The van der Waals surface area contributed by atoms with E-state index in [4.69, 9.17) is 23.2 Å². The van der Waals surface area contributed by atoms with E-state index in [1.807, 2.05) is 56.3 Å². The number of carbonyl (C=O) groups excluding carboxylic acids is 2. The molecular weight excluding hydrogens is 485 g/mol. The van der Waals surface area contributed by atoms with E-state index < -0.39 is 6.10 Å². The molecular formula is C27H29Cl2N3O3. The van der Waals surface area contributed by atoms with Crippen LogP contribution in [-0.2, 0) is 17.8 Å². The monoisotopic (exact) mass is 513 g/mol. The minimum Gasteiger partial charge on any atom is -0.387 e. The van der Waals surface area contributed by atoms with Crippen LogP contribution in [0.4, 0.5) is 10.5 Å². The summed E-state index contributed by atoms with van der Waals surface area (Å²) in [5, 5.41) is 17.2. The number of aliphatic hydroxyl groups excluding tert-OH is 1. The Balaban J connectivity index is 1.54. The molecule has 3 amide bonds. The van der Waals surface area contributed by atoms with Crippen LogP contribution in [0.15, 0.2) is 72.8 Å². The van der Waals surface area contributed by atoms with Gasteiger partial charge >= 0.3 is 6.03 Å². The Morgan fingerprint density at radius 2 is 1.60 bits per heavy atom. The maximum Gasteiger partial charge on any atom is 0.322 e. The van der Waals surface area contributed by atoms with E-state index in [1.165, 1.54) is 0 Å². The zero-order chi connectivity index (χ0) is 25.4. The predicted molar refractivity (Wildman–Crippen MR) is 141 cm³/mol. The number of rotatable bonds is 9. The normalized spacial score (nSPS) is 11.7. The summed E-state index contributed by atoms with van der Waals surface area (Å²) in [5.41, 5.74) is 3.07. The topological polar surface area (TPSA) is 81.7 Å². The first-order valence-electron chi connectivity index (χ1n) is 11.3. The van der Waals surface area contributed by atoms with E-state index in [2.05, 4.69) is 10.6 Å². The van der Waals surface area contributed by atoms with Crippen LogP contribution in [0.1, 0.15) is 36.6 Å². The fourth-order valence-corrected chi connectivity index (χ4v) is 3.79. The molecule has 0 aliphatic heterocycles. The molecule has 0 saturated heterocycles. The van der Waals surface area contributed by atoms with E-state index in [0.29, 0.717) is 34.3 Å². The summed E-state index contributed by atoms with van der Waals surface area (Å²) in [5.74, 6) is -0.0540. The van der Waals surface area contributed by atoms with Gasteiger partial charge in [0.25, 0.3) is 0 Å². The van der Waals surface area contributed by atoms with Crippen LogP contribution in [0.2, 0.25) is 10.0 Å². The molecule has 0 radical (unpaired) electrons. The largest absolute Gasteiger partial charge is 0.387 e. The highest BCUT2D eigenvalue weighted by atomic mass is 35.5. The Morgan fingerprint density at radius 1 is 0.914 bits per heavy atom. The van der Waals surface area contributed by atoms with Gasteiger partial charge in [-0.3, -0.25) is 4.79 Å². The Kier molecular flexibility index (Phi) is 9.55. The molecule has 35 heavy (non-hydrogen) atoms. The minimum absolute atomic E-state index is 0.0540. The number of carbonyl (C=O) groups is 2. The van der Waals surface area contributed by atoms with Gasteiger partial charge in [-0.15, -0.1) is 0 Å². The molecule has 0 heterocycles. The number of amides is 3. The summed E-state index contributed by atoms with van der Waals surface area (Å²) < 4.78 is 0. The number of aliphatic hydroxyl groups is 1. The number of hydrogen-bond donors (Lipinski definition) is 3. The van der Waals surface area contributed by atoms with Gasteiger partial charge in [-0.05, 0) is 54.8 Å². The summed E-state index contributed by atoms with van der Waals surface area (Å²) >= 11 is 12.0. The summed E-state index contributed by atoms with van der Waals surface area (Å²) in [6.45, 7) is 4.24. The van der Waals surface area contributed by atoms with Crippen LogP contribution in [0.5, 0.6) is 0 Å². The first-order valence-corrected chi connectivity index (χ1v) is 12.1. The maximum absolute atomic E-state index is 12.9. The molecule has 0 aliphatic carbocycles. The number of nitrogens with one attached hydrogen (secondary N) is 2. The summed E-state index contributed by atoms with van der Waals surface area (Å²) in [4.78, 5) is 26.6. The molecule has 1 atom stereocenters.